The Kier molecular flexibility index (Phi) is 3.35. The number of halogens is 1. The number of primary amides is 1. The summed E-state index contributed by atoms with van der Waals surface area (Å²) in [6.07, 6.45) is 5.48. The van der Waals surface area contributed by atoms with Gasteiger partial charge in [-0.05, 0) is 24.6 Å². The first kappa shape index (κ1) is 13.6. The van der Waals surface area contributed by atoms with Crippen LogP contribution in [0.1, 0.15) is 27.1 Å². The molecule has 1 amide bonds. The van der Waals surface area contributed by atoms with E-state index in [1.54, 1.807) is 36.7 Å². The number of hydrogen-bond donors (Lipinski definition) is 2. The molecule has 1 aromatic carbocycles. The van der Waals surface area contributed by atoms with Crippen LogP contribution in [-0.2, 0) is 0 Å². The fourth-order valence-corrected chi connectivity index (χ4v) is 2.50. The third-order valence-electron chi connectivity index (χ3n) is 3.49. The van der Waals surface area contributed by atoms with Crippen LogP contribution in [0.3, 0.4) is 0 Å². The van der Waals surface area contributed by atoms with Gasteiger partial charge in [-0.25, -0.2) is 4.99 Å². The largest absolute Gasteiger partial charge is 0.366 e. The molecular weight excluding hydrogens is 290 g/mol. The normalized spacial score (nSPS) is 17.8. The summed E-state index contributed by atoms with van der Waals surface area (Å²) < 4.78 is 0. The van der Waals surface area contributed by atoms with Crippen LogP contribution in [-0.4, -0.2) is 22.9 Å². The lowest BCUT2D eigenvalue weighted by Gasteiger charge is -2.11. The Hall–Kier alpha value is -2.40. The molecule has 1 aliphatic heterocycles. The van der Waals surface area contributed by atoms with Crippen molar-refractivity contribution in [3.8, 4) is 0 Å². The van der Waals surface area contributed by atoms with Crippen LogP contribution in [0.15, 0.2) is 40.6 Å². The van der Waals surface area contributed by atoms with Gasteiger partial charge in [0.05, 0.1) is 5.92 Å². The van der Waals surface area contributed by atoms with E-state index >= 15 is 0 Å². The molecule has 0 saturated heterocycles. The number of hydrogen-bond acceptors (Lipinski definition) is 3. The zero-order chi connectivity index (χ0) is 15.0. The number of H-pyrrole nitrogens is 1. The molecular formula is C15H12ClN3O2. The summed E-state index contributed by atoms with van der Waals surface area (Å²) in [4.78, 5) is 30.7. The fourth-order valence-electron chi connectivity index (χ4n) is 2.36. The van der Waals surface area contributed by atoms with Crippen LogP contribution in [0.2, 0.25) is 0 Å². The number of allylic oxidation sites excluding steroid dienone is 1. The Bertz CT molecular complexity index is 804. The monoisotopic (exact) mass is 301 g/mol. The van der Waals surface area contributed by atoms with E-state index in [0.717, 1.165) is 5.39 Å². The fraction of sp³-hybridized carbons (Fsp3) is 0.133. The number of carbonyl (C=O) groups is 2. The lowest BCUT2D eigenvalue weighted by atomic mass is 9.94. The maximum atomic E-state index is 12.5. The number of carbonyl (C=O) groups excluding carboxylic acids is 2. The summed E-state index contributed by atoms with van der Waals surface area (Å²) in [5, 5.41) is 1.17. The molecule has 1 aromatic heterocycles. The van der Waals surface area contributed by atoms with Gasteiger partial charge in [0.2, 0.25) is 5.91 Å². The van der Waals surface area contributed by atoms with Crippen LogP contribution >= 0.6 is 11.6 Å². The highest BCUT2D eigenvalue weighted by Crippen LogP contribution is 2.25. The van der Waals surface area contributed by atoms with Gasteiger partial charge in [0.15, 0.2) is 5.78 Å². The standard InChI is InChI=1S/C15H12ClN3O2/c16-13-4-2-9(6-19-13)14(20)11-7-18-12-5-8(15(17)21)1-3-10(11)12/h1,3-7,9,18H,2H2,(H2,17,21). The number of rotatable bonds is 3. The molecule has 0 saturated carbocycles. The van der Waals surface area contributed by atoms with Crippen LogP contribution in [0.5, 0.6) is 0 Å². The van der Waals surface area contributed by atoms with E-state index in [9.17, 15) is 9.59 Å². The highest BCUT2D eigenvalue weighted by atomic mass is 35.5. The molecule has 0 radical (unpaired) electrons. The van der Waals surface area contributed by atoms with Crippen LogP contribution < -0.4 is 5.73 Å². The van der Waals surface area contributed by atoms with E-state index in [-0.39, 0.29) is 11.7 Å². The number of ketones is 1. The molecule has 6 heteroatoms. The van der Waals surface area contributed by atoms with Crippen molar-refractivity contribution in [2.75, 3.05) is 0 Å². The van der Waals surface area contributed by atoms with Crippen LogP contribution in [0, 0.1) is 5.92 Å². The molecule has 0 aliphatic carbocycles. The molecule has 1 atom stereocenters. The van der Waals surface area contributed by atoms with Gasteiger partial charge in [0.1, 0.15) is 5.16 Å². The van der Waals surface area contributed by atoms with Gasteiger partial charge in [0.25, 0.3) is 0 Å². The van der Waals surface area contributed by atoms with Crippen molar-refractivity contribution < 1.29 is 9.59 Å². The van der Waals surface area contributed by atoms with E-state index in [4.69, 9.17) is 17.3 Å². The zero-order valence-corrected chi connectivity index (χ0v) is 11.7. The average Bonchev–Trinajstić information content (AvgIpc) is 2.90. The predicted octanol–water partition coefficient (Wildman–Crippen LogP) is 2.62. The average molecular weight is 302 g/mol. The minimum absolute atomic E-state index is 0.0303. The van der Waals surface area contributed by atoms with Gasteiger partial charge in [0, 0.05) is 34.4 Å². The van der Waals surface area contributed by atoms with Gasteiger partial charge in [-0.2, -0.15) is 0 Å². The Labute approximate surface area is 125 Å². The maximum absolute atomic E-state index is 12.5. The van der Waals surface area contributed by atoms with E-state index in [1.165, 1.54) is 0 Å². The first-order chi connectivity index (χ1) is 10.1. The summed E-state index contributed by atoms with van der Waals surface area (Å²) in [5.74, 6) is -0.849. The molecule has 3 N–H and O–H groups in total. The molecule has 0 fully saturated rings. The Morgan fingerprint density at radius 1 is 1.38 bits per heavy atom. The summed E-state index contributed by atoms with van der Waals surface area (Å²) in [5.41, 5.74) is 6.92. The van der Waals surface area contributed by atoms with E-state index < -0.39 is 5.91 Å². The van der Waals surface area contributed by atoms with E-state index in [1.807, 2.05) is 0 Å². The lowest BCUT2D eigenvalue weighted by Crippen LogP contribution is -2.17. The smallest absolute Gasteiger partial charge is 0.248 e. The minimum atomic E-state index is -0.501. The molecule has 106 valence electrons. The SMILES string of the molecule is NC(=O)c1ccc2c(C(=O)C3C=NC(Cl)=CC3)c[nH]c2c1. The van der Waals surface area contributed by atoms with Crippen LogP contribution in [0.25, 0.3) is 10.9 Å². The summed E-state index contributed by atoms with van der Waals surface area (Å²) >= 11 is 5.76. The van der Waals surface area contributed by atoms with Crippen molar-refractivity contribution >= 4 is 40.4 Å². The van der Waals surface area contributed by atoms with Crippen molar-refractivity contribution in [2.24, 2.45) is 16.6 Å². The second-order valence-corrected chi connectivity index (χ2v) is 5.23. The topological polar surface area (TPSA) is 88.3 Å². The van der Waals surface area contributed by atoms with Gasteiger partial charge in [-0.3, -0.25) is 9.59 Å². The van der Waals surface area contributed by atoms with Gasteiger partial charge in [-0.15, -0.1) is 0 Å². The highest BCUT2D eigenvalue weighted by molar-refractivity contribution is 6.30. The molecule has 1 aliphatic rings. The molecule has 2 aromatic rings. The summed E-state index contributed by atoms with van der Waals surface area (Å²) in [6, 6.07) is 4.98. The Morgan fingerprint density at radius 2 is 2.19 bits per heavy atom. The quantitative estimate of drug-likeness (QED) is 0.674. The van der Waals surface area contributed by atoms with E-state index in [2.05, 4.69) is 9.98 Å². The van der Waals surface area contributed by atoms with Crippen molar-refractivity contribution in [1.29, 1.82) is 0 Å². The molecule has 0 bridgehead atoms. The van der Waals surface area contributed by atoms with Crippen molar-refractivity contribution in [3.63, 3.8) is 0 Å². The van der Waals surface area contributed by atoms with Crippen LogP contribution in [0.4, 0.5) is 0 Å². The number of nitrogens with two attached hydrogens (primary N) is 1. The molecule has 2 heterocycles. The third kappa shape index (κ3) is 2.48. The molecule has 5 nitrogen and oxygen atoms in total. The first-order valence-electron chi connectivity index (χ1n) is 6.41. The number of aromatic amines is 1. The zero-order valence-electron chi connectivity index (χ0n) is 11.0. The number of Topliss-reactive ketones (excluding diaryl/α,β-unsaturated/α-hetero) is 1. The second-order valence-electron chi connectivity index (χ2n) is 4.84. The molecule has 1 unspecified atom stereocenters. The number of nitrogens with one attached hydrogen (secondary N) is 1. The Morgan fingerprint density at radius 3 is 2.86 bits per heavy atom. The predicted molar refractivity (Wildman–Crippen MR) is 81.7 cm³/mol. The van der Waals surface area contributed by atoms with Gasteiger partial charge in [-0.1, -0.05) is 17.7 Å². The number of amides is 1. The number of benzene rings is 1. The van der Waals surface area contributed by atoms with Gasteiger partial charge >= 0.3 is 0 Å². The minimum Gasteiger partial charge on any atom is -0.366 e. The third-order valence-corrected chi connectivity index (χ3v) is 3.74. The second kappa shape index (κ2) is 5.18. The number of aromatic nitrogens is 1. The van der Waals surface area contributed by atoms with Gasteiger partial charge < -0.3 is 10.7 Å². The highest BCUT2D eigenvalue weighted by Gasteiger charge is 2.22. The summed E-state index contributed by atoms with van der Waals surface area (Å²) in [7, 11) is 0. The molecule has 3 rings (SSSR count). The van der Waals surface area contributed by atoms with Crippen molar-refractivity contribution in [3.05, 3.63) is 46.8 Å². The van der Waals surface area contributed by atoms with Crippen molar-refractivity contribution in [1.82, 2.24) is 4.98 Å². The first-order valence-corrected chi connectivity index (χ1v) is 6.79. The Balaban J connectivity index is 1.96. The number of fused-ring (bicyclic) bond motifs is 1. The number of aliphatic imine (C=N–C) groups is 1. The van der Waals surface area contributed by atoms with E-state index in [0.29, 0.717) is 28.2 Å². The molecule has 21 heavy (non-hydrogen) atoms. The summed E-state index contributed by atoms with van der Waals surface area (Å²) in [6.45, 7) is 0. The molecule has 0 spiro atoms. The van der Waals surface area contributed by atoms with Crippen molar-refractivity contribution in [2.45, 2.75) is 6.42 Å². The maximum Gasteiger partial charge on any atom is 0.248 e. The number of nitrogens with zero attached hydrogens (tertiary/aromatic N) is 1. The lowest BCUT2D eigenvalue weighted by molar-refractivity contribution is 0.0957.